The lowest BCUT2D eigenvalue weighted by Crippen LogP contribution is -2.54. The molecule has 2 aliphatic carbocycles. The monoisotopic (exact) mass is 362 g/mol. The minimum absolute atomic E-state index is 0.109. The van der Waals surface area contributed by atoms with E-state index >= 15 is 0 Å². The van der Waals surface area contributed by atoms with Gasteiger partial charge < -0.3 is 20.4 Å². The Bertz CT molecular complexity index is 809. The van der Waals surface area contributed by atoms with Crippen molar-refractivity contribution in [3.63, 3.8) is 0 Å². The SMILES string of the molecule is C[C@H](CO)c1c(O)c(O)c2c(c1O)C(=O)C(=O)[C@@H]1C(C)(C)CCC[C@@]21C. The van der Waals surface area contributed by atoms with E-state index in [1.54, 1.807) is 6.92 Å². The maximum absolute atomic E-state index is 13.0. The molecule has 0 amide bonds. The molecule has 0 aliphatic heterocycles. The Morgan fingerprint density at radius 2 is 1.65 bits per heavy atom. The molecule has 2 aliphatic rings. The van der Waals surface area contributed by atoms with Crippen molar-refractivity contribution in [2.75, 3.05) is 6.61 Å². The molecular weight excluding hydrogens is 336 g/mol. The van der Waals surface area contributed by atoms with Crippen LogP contribution < -0.4 is 0 Å². The number of carbonyl (C=O) groups excluding carboxylic acids is 2. The zero-order valence-electron chi connectivity index (χ0n) is 15.6. The van der Waals surface area contributed by atoms with Crippen LogP contribution in [0.5, 0.6) is 17.2 Å². The molecule has 3 rings (SSSR count). The van der Waals surface area contributed by atoms with Gasteiger partial charge in [-0.25, -0.2) is 0 Å². The number of fused-ring (bicyclic) bond motifs is 3. The van der Waals surface area contributed by atoms with E-state index in [2.05, 4.69) is 0 Å². The lowest BCUT2D eigenvalue weighted by molar-refractivity contribution is -0.128. The Balaban J connectivity index is 2.40. The normalized spacial score (nSPS) is 28.4. The lowest BCUT2D eigenvalue weighted by atomic mass is 9.49. The van der Waals surface area contributed by atoms with Gasteiger partial charge in [0.25, 0.3) is 0 Å². The van der Waals surface area contributed by atoms with Gasteiger partial charge in [-0.15, -0.1) is 0 Å². The fourth-order valence-electron chi connectivity index (χ4n) is 5.29. The Labute approximate surface area is 152 Å². The molecule has 26 heavy (non-hydrogen) atoms. The molecule has 1 saturated carbocycles. The number of Topliss-reactive ketones (excluding diaryl/α,β-unsaturated/α-hetero) is 2. The third-order valence-electron chi connectivity index (χ3n) is 6.44. The fourth-order valence-corrected chi connectivity index (χ4v) is 5.29. The Kier molecular flexibility index (Phi) is 4.11. The summed E-state index contributed by atoms with van der Waals surface area (Å²) in [6.45, 7) is 6.84. The number of phenols is 3. The molecule has 6 heteroatoms. The number of carbonyl (C=O) groups is 2. The van der Waals surface area contributed by atoms with Crippen LogP contribution in [-0.4, -0.2) is 38.6 Å². The summed E-state index contributed by atoms with van der Waals surface area (Å²) in [6.07, 6.45) is 2.14. The van der Waals surface area contributed by atoms with Gasteiger partial charge >= 0.3 is 0 Å². The van der Waals surface area contributed by atoms with Crippen LogP contribution in [0.4, 0.5) is 0 Å². The molecule has 0 radical (unpaired) electrons. The summed E-state index contributed by atoms with van der Waals surface area (Å²) >= 11 is 0. The summed E-state index contributed by atoms with van der Waals surface area (Å²) in [6, 6.07) is 0. The summed E-state index contributed by atoms with van der Waals surface area (Å²) in [7, 11) is 0. The van der Waals surface area contributed by atoms with Gasteiger partial charge in [0.1, 0.15) is 5.75 Å². The Morgan fingerprint density at radius 3 is 2.23 bits per heavy atom. The second kappa shape index (κ2) is 5.71. The third-order valence-corrected chi connectivity index (χ3v) is 6.44. The minimum atomic E-state index is -0.859. The molecule has 4 N–H and O–H groups in total. The van der Waals surface area contributed by atoms with E-state index in [-0.39, 0.29) is 16.7 Å². The van der Waals surface area contributed by atoms with E-state index in [1.165, 1.54) is 0 Å². The van der Waals surface area contributed by atoms with Gasteiger partial charge in [-0.1, -0.05) is 34.1 Å². The minimum Gasteiger partial charge on any atom is -0.507 e. The standard InChI is InChI=1S/C20H26O6/c1-9(8-21)10-13(22)11-12(16(25)14(10)23)20(4)7-5-6-19(2,3)18(20)17(26)15(11)24/h9,18,21-23,25H,5-8H2,1-4H3/t9-,18-,20+/m1/s1. The summed E-state index contributed by atoms with van der Waals surface area (Å²) in [4.78, 5) is 25.9. The molecule has 0 aromatic heterocycles. The van der Waals surface area contributed by atoms with Crippen molar-refractivity contribution in [1.29, 1.82) is 0 Å². The first-order valence-corrected chi connectivity index (χ1v) is 8.99. The average molecular weight is 362 g/mol. The molecule has 0 heterocycles. The van der Waals surface area contributed by atoms with Crippen LogP contribution in [0.2, 0.25) is 0 Å². The highest BCUT2D eigenvalue weighted by molar-refractivity contribution is 6.47. The van der Waals surface area contributed by atoms with Crippen LogP contribution in [0.3, 0.4) is 0 Å². The van der Waals surface area contributed by atoms with Gasteiger partial charge in [0.05, 0.1) is 5.56 Å². The quantitative estimate of drug-likeness (QED) is 0.365. The van der Waals surface area contributed by atoms with Gasteiger partial charge in [-0.3, -0.25) is 9.59 Å². The highest BCUT2D eigenvalue weighted by atomic mass is 16.3. The van der Waals surface area contributed by atoms with Crippen molar-refractivity contribution in [2.24, 2.45) is 11.3 Å². The van der Waals surface area contributed by atoms with Crippen LogP contribution in [0.1, 0.15) is 74.4 Å². The van der Waals surface area contributed by atoms with Gasteiger partial charge in [0.15, 0.2) is 11.5 Å². The largest absolute Gasteiger partial charge is 0.507 e. The van der Waals surface area contributed by atoms with Crippen LogP contribution in [0.25, 0.3) is 0 Å². The summed E-state index contributed by atoms with van der Waals surface area (Å²) < 4.78 is 0. The number of aliphatic hydroxyl groups excluding tert-OH is 1. The lowest BCUT2D eigenvalue weighted by Gasteiger charge is -2.52. The van der Waals surface area contributed by atoms with Crippen molar-refractivity contribution in [3.05, 3.63) is 16.7 Å². The van der Waals surface area contributed by atoms with Crippen molar-refractivity contribution in [1.82, 2.24) is 0 Å². The number of benzene rings is 1. The first kappa shape index (κ1) is 18.7. The number of aromatic hydroxyl groups is 3. The number of ketones is 2. The first-order valence-electron chi connectivity index (χ1n) is 8.99. The number of hydrogen-bond donors (Lipinski definition) is 4. The highest BCUT2D eigenvalue weighted by Crippen LogP contribution is 2.61. The van der Waals surface area contributed by atoms with Gasteiger partial charge in [0, 0.05) is 35.0 Å². The zero-order valence-corrected chi connectivity index (χ0v) is 15.6. The molecule has 3 atom stereocenters. The zero-order chi connectivity index (χ0) is 19.6. The van der Waals surface area contributed by atoms with Gasteiger partial charge in [-0.05, 0) is 18.3 Å². The van der Waals surface area contributed by atoms with E-state index in [4.69, 9.17) is 0 Å². The molecule has 1 fully saturated rings. The predicted molar refractivity (Wildman–Crippen MR) is 94.7 cm³/mol. The predicted octanol–water partition coefficient (Wildman–Crippen LogP) is 2.75. The van der Waals surface area contributed by atoms with Crippen LogP contribution in [-0.2, 0) is 10.2 Å². The molecule has 0 saturated heterocycles. The number of aliphatic hydroxyl groups is 1. The fraction of sp³-hybridized carbons (Fsp3) is 0.600. The van der Waals surface area contributed by atoms with Crippen molar-refractivity contribution < 1.29 is 30.0 Å². The molecule has 1 aromatic rings. The second-order valence-corrected chi connectivity index (χ2v) is 8.68. The molecule has 0 spiro atoms. The maximum atomic E-state index is 13.0. The van der Waals surface area contributed by atoms with Crippen LogP contribution in [0, 0.1) is 11.3 Å². The molecule has 6 nitrogen and oxygen atoms in total. The maximum Gasteiger partial charge on any atom is 0.233 e. The van der Waals surface area contributed by atoms with Crippen molar-refractivity contribution in [3.8, 4) is 17.2 Å². The van der Waals surface area contributed by atoms with Gasteiger partial charge in [0.2, 0.25) is 11.6 Å². The van der Waals surface area contributed by atoms with E-state index in [1.807, 2.05) is 20.8 Å². The number of phenolic OH excluding ortho intramolecular Hbond substituents is 3. The second-order valence-electron chi connectivity index (χ2n) is 8.68. The molecule has 1 aromatic carbocycles. The third kappa shape index (κ3) is 2.21. The number of hydrogen-bond acceptors (Lipinski definition) is 6. The Hall–Kier alpha value is -2.08. The number of rotatable bonds is 2. The summed E-state index contributed by atoms with van der Waals surface area (Å²) in [5, 5.41) is 41.4. The van der Waals surface area contributed by atoms with E-state index in [0.29, 0.717) is 6.42 Å². The van der Waals surface area contributed by atoms with E-state index in [0.717, 1.165) is 12.8 Å². The highest BCUT2D eigenvalue weighted by Gasteiger charge is 2.59. The van der Waals surface area contributed by atoms with Gasteiger partial charge in [-0.2, -0.15) is 0 Å². The van der Waals surface area contributed by atoms with E-state index in [9.17, 15) is 30.0 Å². The first-order chi connectivity index (χ1) is 12.0. The Morgan fingerprint density at radius 1 is 1.04 bits per heavy atom. The molecular formula is C20H26O6. The topological polar surface area (TPSA) is 115 Å². The van der Waals surface area contributed by atoms with Crippen molar-refractivity contribution >= 4 is 11.6 Å². The summed E-state index contributed by atoms with van der Waals surface area (Å²) in [5.74, 6) is -4.26. The summed E-state index contributed by atoms with van der Waals surface area (Å²) in [5.41, 5.74) is -1.48. The van der Waals surface area contributed by atoms with E-state index < -0.39 is 58.1 Å². The molecule has 0 unspecified atom stereocenters. The molecule has 0 bridgehead atoms. The van der Waals surface area contributed by atoms with Crippen LogP contribution >= 0.6 is 0 Å². The average Bonchev–Trinajstić information content (AvgIpc) is 2.55. The van der Waals surface area contributed by atoms with Crippen LogP contribution in [0.15, 0.2) is 0 Å². The smallest absolute Gasteiger partial charge is 0.233 e. The molecule has 142 valence electrons. The van der Waals surface area contributed by atoms with Crippen molar-refractivity contribution in [2.45, 2.75) is 58.3 Å².